The fraction of sp³-hybridized carbons (Fsp3) is 0.750. The molecule has 0 fully saturated rings. The zero-order valence-electron chi connectivity index (χ0n) is 8.56. The van der Waals surface area contributed by atoms with Gasteiger partial charge >= 0.3 is 0 Å². The number of aromatic nitrogens is 2. The van der Waals surface area contributed by atoms with Crippen LogP contribution in [0.1, 0.15) is 13.8 Å². The highest BCUT2D eigenvalue weighted by Gasteiger charge is 2.03. The summed E-state index contributed by atoms with van der Waals surface area (Å²) in [5.74, 6) is 1.05. The van der Waals surface area contributed by atoms with Crippen molar-refractivity contribution in [1.82, 2.24) is 15.1 Å². The molecule has 80 valence electrons. The Kier molecular flexibility index (Phi) is 5.21. The van der Waals surface area contributed by atoms with E-state index < -0.39 is 0 Å². The minimum Gasteiger partial charge on any atom is -0.374 e. The third kappa shape index (κ3) is 3.81. The first kappa shape index (κ1) is 11.7. The van der Waals surface area contributed by atoms with Crippen LogP contribution >= 0.6 is 23.1 Å². The zero-order valence-corrected chi connectivity index (χ0v) is 10.2. The van der Waals surface area contributed by atoms with E-state index in [9.17, 15) is 0 Å². The topological polar surface area (TPSA) is 55.0 Å². The van der Waals surface area contributed by atoms with Gasteiger partial charge in [-0.05, 0) is 13.1 Å². The van der Waals surface area contributed by atoms with Gasteiger partial charge in [0.25, 0.3) is 0 Å². The largest absolute Gasteiger partial charge is 0.374 e. The van der Waals surface area contributed by atoms with Gasteiger partial charge in [0.15, 0.2) is 4.34 Å². The Morgan fingerprint density at radius 1 is 1.36 bits per heavy atom. The van der Waals surface area contributed by atoms with E-state index in [-0.39, 0.29) is 0 Å². The Labute approximate surface area is 92.9 Å². The SMILES string of the molecule is CCN(CC)CCSc1nnc(N)s1. The lowest BCUT2D eigenvalue weighted by atomic mass is 10.5. The summed E-state index contributed by atoms with van der Waals surface area (Å²) in [6.45, 7) is 7.66. The second-order valence-electron chi connectivity index (χ2n) is 2.78. The molecule has 0 saturated carbocycles. The lowest BCUT2D eigenvalue weighted by molar-refractivity contribution is 0.324. The molecule has 1 rings (SSSR count). The van der Waals surface area contributed by atoms with Gasteiger partial charge in [0.1, 0.15) is 0 Å². The van der Waals surface area contributed by atoms with Crippen molar-refractivity contribution >= 4 is 28.2 Å². The van der Waals surface area contributed by atoms with Crippen molar-refractivity contribution in [2.45, 2.75) is 18.2 Å². The summed E-state index contributed by atoms with van der Waals surface area (Å²) in [4.78, 5) is 2.39. The fourth-order valence-electron chi connectivity index (χ4n) is 1.08. The molecule has 4 nitrogen and oxygen atoms in total. The maximum absolute atomic E-state index is 5.48. The molecule has 6 heteroatoms. The number of nitrogen functional groups attached to an aromatic ring is 1. The van der Waals surface area contributed by atoms with Gasteiger partial charge in [-0.15, -0.1) is 10.2 Å². The molecule has 0 amide bonds. The molecule has 14 heavy (non-hydrogen) atoms. The Balaban J connectivity index is 2.21. The molecule has 0 spiro atoms. The number of nitrogens with two attached hydrogens (primary N) is 1. The molecule has 1 heterocycles. The average Bonchev–Trinajstić information content (AvgIpc) is 2.59. The predicted octanol–water partition coefficient (Wildman–Crippen LogP) is 1.55. The van der Waals surface area contributed by atoms with Gasteiger partial charge < -0.3 is 10.6 Å². The van der Waals surface area contributed by atoms with Crippen molar-refractivity contribution in [2.75, 3.05) is 31.1 Å². The monoisotopic (exact) mass is 232 g/mol. The van der Waals surface area contributed by atoms with E-state index in [1.54, 1.807) is 11.8 Å². The van der Waals surface area contributed by atoms with E-state index in [2.05, 4.69) is 28.9 Å². The number of thioether (sulfide) groups is 1. The number of rotatable bonds is 6. The van der Waals surface area contributed by atoms with E-state index in [0.717, 1.165) is 29.7 Å². The van der Waals surface area contributed by atoms with E-state index in [0.29, 0.717) is 5.13 Å². The molecular formula is C8H16N4S2. The molecule has 0 aliphatic carbocycles. The van der Waals surface area contributed by atoms with Gasteiger partial charge in [-0.25, -0.2) is 0 Å². The molecular weight excluding hydrogens is 216 g/mol. The quantitative estimate of drug-likeness (QED) is 0.754. The number of hydrogen-bond acceptors (Lipinski definition) is 6. The van der Waals surface area contributed by atoms with Crippen LogP contribution in [-0.4, -0.2) is 40.5 Å². The highest BCUT2D eigenvalue weighted by Crippen LogP contribution is 2.23. The summed E-state index contributed by atoms with van der Waals surface area (Å²) in [7, 11) is 0. The van der Waals surface area contributed by atoms with Crippen LogP contribution in [-0.2, 0) is 0 Å². The predicted molar refractivity (Wildman–Crippen MR) is 62.8 cm³/mol. The summed E-state index contributed by atoms with van der Waals surface area (Å²) in [6.07, 6.45) is 0. The molecule has 0 aromatic carbocycles. The van der Waals surface area contributed by atoms with E-state index in [1.807, 2.05) is 0 Å². The van der Waals surface area contributed by atoms with Crippen molar-refractivity contribution in [3.8, 4) is 0 Å². The average molecular weight is 232 g/mol. The molecule has 0 atom stereocenters. The van der Waals surface area contributed by atoms with Crippen LogP contribution < -0.4 is 5.73 Å². The van der Waals surface area contributed by atoms with Crippen LogP contribution in [0, 0.1) is 0 Å². The van der Waals surface area contributed by atoms with Crippen molar-refractivity contribution < 1.29 is 0 Å². The van der Waals surface area contributed by atoms with Crippen LogP contribution in [0.3, 0.4) is 0 Å². The first-order valence-electron chi connectivity index (χ1n) is 4.70. The second-order valence-corrected chi connectivity index (χ2v) is 5.13. The highest BCUT2D eigenvalue weighted by molar-refractivity contribution is 8.01. The van der Waals surface area contributed by atoms with Crippen LogP contribution in [0.4, 0.5) is 5.13 Å². The van der Waals surface area contributed by atoms with Crippen LogP contribution in [0.15, 0.2) is 4.34 Å². The third-order valence-corrected chi connectivity index (χ3v) is 3.82. The van der Waals surface area contributed by atoms with E-state index >= 15 is 0 Å². The molecule has 0 aliphatic rings. The molecule has 1 aromatic heterocycles. The lowest BCUT2D eigenvalue weighted by Gasteiger charge is -2.16. The van der Waals surface area contributed by atoms with Crippen LogP contribution in [0.25, 0.3) is 0 Å². The fourth-order valence-corrected chi connectivity index (χ4v) is 2.79. The summed E-state index contributed by atoms with van der Waals surface area (Å²) in [5.41, 5.74) is 5.48. The molecule has 0 radical (unpaired) electrons. The minimum absolute atomic E-state index is 0.551. The second kappa shape index (κ2) is 6.21. The normalized spacial score (nSPS) is 11.1. The van der Waals surface area contributed by atoms with Crippen molar-refractivity contribution in [3.05, 3.63) is 0 Å². The minimum atomic E-state index is 0.551. The lowest BCUT2D eigenvalue weighted by Crippen LogP contribution is -2.25. The zero-order chi connectivity index (χ0) is 10.4. The van der Waals surface area contributed by atoms with Gasteiger partial charge in [0.2, 0.25) is 5.13 Å². The molecule has 0 unspecified atom stereocenters. The Bertz CT molecular complexity index is 260. The van der Waals surface area contributed by atoms with Gasteiger partial charge in [-0.1, -0.05) is 36.9 Å². The molecule has 0 bridgehead atoms. The van der Waals surface area contributed by atoms with Crippen LogP contribution in [0.2, 0.25) is 0 Å². The third-order valence-electron chi connectivity index (χ3n) is 1.95. The summed E-state index contributed by atoms with van der Waals surface area (Å²) in [5, 5.41) is 8.27. The molecule has 2 N–H and O–H groups in total. The van der Waals surface area contributed by atoms with E-state index in [1.165, 1.54) is 11.3 Å². The Hall–Kier alpha value is -0.330. The first-order chi connectivity index (χ1) is 6.76. The summed E-state index contributed by atoms with van der Waals surface area (Å²) in [6, 6.07) is 0. The standard InChI is InChI=1S/C8H16N4S2/c1-3-12(4-2)5-6-13-8-11-10-7(9)14-8/h3-6H2,1-2H3,(H2,9,10). The Morgan fingerprint density at radius 2 is 2.07 bits per heavy atom. The maximum atomic E-state index is 5.48. The van der Waals surface area contributed by atoms with Crippen molar-refractivity contribution in [3.63, 3.8) is 0 Å². The maximum Gasteiger partial charge on any atom is 0.203 e. The summed E-state index contributed by atoms with van der Waals surface area (Å²) < 4.78 is 0.967. The van der Waals surface area contributed by atoms with Gasteiger partial charge in [-0.2, -0.15) is 0 Å². The molecule has 1 aromatic rings. The smallest absolute Gasteiger partial charge is 0.203 e. The van der Waals surface area contributed by atoms with Crippen molar-refractivity contribution in [1.29, 1.82) is 0 Å². The Morgan fingerprint density at radius 3 is 2.57 bits per heavy atom. The van der Waals surface area contributed by atoms with Gasteiger partial charge in [0, 0.05) is 12.3 Å². The van der Waals surface area contributed by atoms with Crippen molar-refractivity contribution in [2.24, 2.45) is 0 Å². The van der Waals surface area contributed by atoms with Crippen LogP contribution in [0.5, 0.6) is 0 Å². The van der Waals surface area contributed by atoms with Gasteiger partial charge in [-0.3, -0.25) is 0 Å². The summed E-state index contributed by atoms with van der Waals surface area (Å²) >= 11 is 3.18. The highest BCUT2D eigenvalue weighted by atomic mass is 32.2. The molecule has 0 aliphatic heterocycles. The van der Waals surface area contributed by atoms with E-state index in [4.69, 9.17) is 5.73 Å². The first-order valence-corrected chi connectivity index (χ1v) is 6.50. The number of anilines is 1. The number of nitrogens with zero attached hydrogens (tertiary/aromatic N) is 3. The van der Waals surface area contributed by atoms with Gasteiger partial charge in [0.05, 0.1) is 0 Å². The number of hydrogen-bond donors (Lipinski definition) is 1. The molecule has 0 saturated heterocycles.